The number of halogens is 1. The number of thiocarbonyl (C=S) groups is 1. The van der Waals surface area contributed by atoms with Crippen LogP contribution in [0.1, 0.15) is 22.7 Å². The van der Waals surface area contributed by atoms with Crippen LogP contribution in [0.4, 0.5) is 5.69 Å². The Hall–Kier alpha value is -2.15. The van der Waals surface area contributed by atoms with Crippen molar-refractivity contribution in [2.45, 2.75) is 12.1 Å². The number of ether oxygens (including phenoxy) is 1. The van der Waals surface area contributed by atoms with Gasteiger partial charge in [-0.25, -0.2) is 0 Å². The molecular formula is C19H16ClN3OS2. The number of methoxy groups -OCH3 is 1. The third kappa shape index (κ3) is 3.16. The van der Waals surface area contributed by atoms with Crippen LogP contribution in [-0.4, -0.2) is 17.2 Å². The number of nitrogens with one attached hydrogen (secondary N) is 1. The quantitative estimate of drug-likeness (QED) is 0.624. The summed E-state index contributed by atoms with van der Waals surface area (Å²) in [5.41, 5.74) is 1.94. The van der Waals surface area contributed by atoms with Crippen molar-refractivity contribution in [1.29, 1.82) is 0 Å². The molecule has 2 atom stereocenters. The number of thiophene rings is 1. The summed E-state index contributed by atoms with van der Waals surface area (Å²) in [5, 5.41) is 4.10. The molecule has 0 saturated carbocycles. The molecule has 0 spiro atoms. The van der Waals surface area contributed by atoms with E-state index in [1.807, 2.05) is 48.5 Å². The zero-order valence-corrected chi connectivity index (χ0v) is 16.3. The van der Waals surface area contributed by atoms with Crippen molar-refractivity contribution in [1.82, 2.24) is 10.3 Å². The lowest BCUT2D eigenvalue weighted by atomic mass is 10.0. The van der Waals surface area contributed by atoms with Gasteiger partial charge >= 0.3 is 0 Å². The maximum absolute atomic E-state index is 6.22. The molecule has 132 valence electrons. The van der Waals surface area contributed by atoms with Crippen molar-refractivity contribution >= 4 is 46.0 Å². The van der Waals surface area contributed by atoms with Gasteiger partial charge in [0.25, 0.3) is 0 Å². The van der Waals surface area contributed by atoms with E-state index < -0.39 is 0 Å². The molecule has 4 nitrogen and oxygen atoms in total. The molecule has 2 aromatic heterocycles. The number of benzene rings is 1. The molecule has 4 rings (SSSR count). The fourth-order valence-corrected chi connectivity index (χ4v) is 4.69. The molecule has 0 aliphatic carbocycles. The summed E-state index contributed by atoms with van der Waals surface area (Å²) >= 11 is 13.5. The molecule has 3 aromatic rings. The number of rotatable bonds is 4. The van der Waals surface area contributed by atoms with E-state index in [0.717, 1.165) is 26.3 Å². The van der Waals surface area contributed by atoms with Gasteiger partial charge in [0.1, 0.15) is 5.75 Å². The van der Waals surface area contributed by atoms with E-state index in [-0.39, 0.29) is 12.1 Å². The molecule has 1 fully saturated rings. The summed E-state index contributed by atoms with van der Waals surface area (Å²) in [4.78, 5) is 7.79. The largest absolute Gasteiger partial charge is 0.497 e. The van der Waals surface area contributed by atoms with Gasteiger partial charge in [-0.3, -0.25) is 4.98 Å². The smallest absolute Gasteiger partial charge is 0.174 e. The molecule has 1 saturated heterocycles. The predicted molar refractivity (Wildman–Crippen MR) is 110 cm³/mol. The van der Waals surface area contributed by atoms with E-state index in [1.54, 1.807) is 24.6 Å². The van der Waals surface area contributed by atoms with Crippen LogP contribution in [-0.2, 0) is 0 Å². The van der Waals surface area contributed by atoms with Crippen LogP contribution >= 0.6 is 35.2 Å². The first-order valence-corrected chi connectivity index (χ1v) is 9.67. The molecule has 0 bridgehead atoms. The minimum absolute atomic E-state index is 0.0247. The van der Waals surface area contributed by atoms with Gasteiger partial charge in [-0.2, -0.15) is 0 Å². The Kier molecular flexibility index (Phi) is 4.80. The van der Waals surface area contributed by atoms with Crippen LogP contribution in [0.15, 0.2) is 60.8 Å². The first kappa shape index (κ1) is 17.3. The van der Waals surface area contributed by atoms with Gasteiger partial charge in [-0.15, -0.1) is 11.3 Å². The Morgan fingerprint density at radius 3 is 2.58 bits per heavy atom. The molecule has 1 aromatic carbocycles. The summed E-state index contributed by atoms with van der Waals surface area (Å²) in [7, 11) is 1.66. The second-order valence-electron chi connectivity index (χ2n) is 5.84. The van der Waals surface area contributed by atoms with Crippen LogP contribution in [0.2, 0.25) is 4.34 Å². The van der Waals surface area contributed by atoms with Gasteiger partial charge in [0.15, 0.2) is 5.11 Å². The maximum atomic E-state index is 6.22. The Bertz CT molecular complexity index is 914. The monoisotopic (exact) mass is 401 g/mol. The Labute approximate surface area is 166 Å². The van der Waals surface area contributed by atoms with Gasteiger partial charge < -0.3 is 15.0 Å². The van der Waals surface area contributed by atoms with E-state index in [1.165, 1.54) is 0 Å². The van der Waals surface area contributed by atoms with Crippen molar-refractivity contribution in [3.8, 4) is 5.75 Å². The third-order valence-corrected chi connectivity index (χ3v) is 5.95. The second kappa shape index (κ2) is 7.23. The van der Waals surface area contributed by atoms with Crippen molar-refractivity contribution in [2.75, 3.05) is 12.0 Å². The molecule has 0 radical (unpaired) electrons. The van der Waals surface area contributed by atoms with Crippen LogP contribution in [0.25, 0.3) is 0 Å². The van der Waals surface area contributed by atoms with Crippen LogP contribution in [0.3, 0.4) is 0 Å². The summed E-state index contributed by atoms with van der Waals surface area (Å²) in [6, 6.07) is 17.7. The van der Waals surface area contributed by atoms with Crippen molar-refractivity contribution in [3.63, 3.8) is 0 Å². The lowest BCUT2D eigenvalue weighted by Crippen LogP contribution is -2.28. The minimum Gasteiger partial charge on any atom is -0.497 e. The molecule has 2 unspecified atom stereocenters. The number of aromatic nitrogens is 1. The molecule has 7 heteroatoms. The SMILES string of the molecule is COc1ccc(N2C(=S)NC(c3ccccn3)C2c2ccc(Cl)s2)cc1. The number of anilines is 1. The van der Waals surface area contributed by atoms with Crippen molar-refractivity contribution in [2.24, 2.45) is 0 Å². The zero-order valence-electron chi connectivity index (χ0n) is 13.9. The lowest BCUT2D eigenvalue weighted by Gasteiger charge is -2.27. The average Bonchev–Trinajstić information content (AvgIpc) is 3.25. The van der Waals surface area contributed by atoms with E-state index >= 15 is 0 Å². The highest BCUT2D eigenvalue weighted by molar-refractivity contribution is 7.80. The Balaban J connectivity index is 1.79. The van der Waals surface area contributed by atoms with E-state index in [0.29, 0.717) is 5.11 Å². The van der Waals surface area contributed by atoms with Gasteiger partial charge in [-0.1, -0.05) is 17.7 Å². The predicted octanol–water partition coefficient (Wildman–Crippen LogP) is 4.98. The average molecular weight is 402 g/mol. The fraction of sp³-hybridized carbons (Fsp3) is 0.158. The third-order valence-electron chi connectivity index (χ3n) is 4.33. The van der Waals surface area contributed by atoms with Gasteiger partial charge in [0, 0.05) is 16.8 Å². The highest BCUT2D eigenvalue weighted by Gasteiger charge is 2.41. The molecule has 1 aliphatic heterocycles. The maximum Gasteiger partial charge on any atom is 0.174 e. The summed E-state index contributed by atoms with van der Waals surface area (Å²) in [6.07, 6.45) is 1.80. The lowest BCUT2D eigenvalue weighted by molar-refractivity contribution is 0.415. The number of pyridine rings is 1. The fourth-order valence-electron chi connectivity index (χ4n) is 3.15. The van der Waals surface area contributed by atoms with Crippen LogP contribution < -0.4 is 15.0 Å². The standard InChI is InChI=1S/C19H16ClN3OS2/c1-24-13-7-5-12(6-8-13)23-18(15-9-10-16(20)26-15)17(22-19(23)25)14-4-2-3-11-21-14/h2-11,17-18H,1H3,(H,22,25). The highest BCUT2D eigenvalue weighted by atomic mass is 35.5. The molecule has 1 aliphatic rings. The Morgan fingerprint density at radius 2 is 1.96 bits per heavy atom. The molecular weight excluding hydrogens is 386 g/mol. The molecule has 26 heavy (non-hydrogen) atoms. The van der Waals surface area contributed by atoms with E-state index in [2.05, 4.69) is 21.3 Å². The topological polar surface area (TPSA) is 37.4 Å². The zero-order chi connectivity index (χ0) is 18.1. The number of nitrogens with zero attached hydrogens (tertiary/aromatic N) is 2. The summed E-state index contributed by atoms with van der Waals surface area (Å²) < 4.78 is 6.03. The first-order valence-electron chi connectivity index (χ1n) is 8.07. The second-order valence-corrected chi connectivity index (χ2v) is 7.97. The number of hydrogen-bond donors (Lipinski definition) is 1. The van der Waals surface area contributed by atoms with Gasteiger partial charge in [0.05, 0.1) is 29.2 Å². The summed E-state index contributed by atoms with van der Waals surface area (Å²) in [5.74, 6) is 0.809. The van der Waals surface area contributed by atoms with E-state index in [4.69, 9.17) is 28.6 Å². The van der Waals surface area contributed by atoms with Gasteiger partial charge in [0.2, 0.25) is 0 Å². The molecule has 3 heterocycles. The molecule has 1 N–H and O–H groups in total. The van der Waals surface area contributed by atoms with Crippen LogP contribution in [0.5, 0.6) is 5.75 Å². The van der Waals surface area contributed by atoms with Crippen LogP contribution in [0, 0.1) is 0 Å². The normalized spacial score (nSPS) is 19.5. The van der Waals surface area contributed by atoms with Gasteiger partial charge in [-0.05, 0) is 60.7 Å². The minimum atomic E-state index is -0.0551. The number of hydrogen-bond acceptors (Lipinski definition) is 4. The first-order chi connectivity index (χ1) is 12.7. The van der Waals surface area contributed by atoms with Crippen molar-refractivity contribution < 1.29 is 4.74 Å². The summed E-state index contributed by atoms with van der Waals surface area (Å²) in [6.45, 7) is 0. The van der Waals surface area contributed by atoms with E-state index in [9.17, 15) is 0 Å². The highest BCUT2D eigenvalue weighted by Crippen LogP contribution is 2.44. The Morgan fingerprint density at radius 1 is 1.15 bits per heavy atom. The molecule has 0 amide bonds. The van der Waals surface area contributed by atoms with Crippen molar-refractivity contribution in [3.05, 3.63) is 75.7 Å².